The third-order valence-corrected chi connectivity index (χ3v) is 4.93. The van der Waals surface area contributed by atoms with E-state index in [4.69, 9.17) is 16.7 Å². The number of hydrogen-bond acceptors (Lipinski definition) is 3. The number of aliphatic carboxylic acids is 1. The number of hydrogen-bond donors (Lipinski definition) is 1. The molecule has 0 heterocycles. The Balaban J connectivity index is 3.12. The molecule has 1 aromatic rings. The van der Waals surface area contributed by atoms with Crippen molar-refractivity contribution in [2.24, 2.45) is 0 Å². The molecule has 10 heteroatoms. The summed E-state index contributed by atoms with van der Waals surface area (Å²) in [6.45, 7) is -0.324. The van der Waals surface area contributed by atoms with E-state index in [-0.39, 0.29) is 6.54 Å². The van der Waals surface area contributed by atoms with Crippen molar-refractivity contribution in [3.05, 3.63) is 28.8 Å². The third-order valence-electron chi connectivity index (χ3n) is 2.59. The van der Waals surface area contributed by atoms with E-state index in [1.807, 2.05) is 0 Å². The van der Waals surface area contributed by atoms with Crippen LogP contribution in [0.3, 0.4) is 0 Å². The zero-order valence-corrected chi connectivity index (χ0v) is 12.3. The molecule has 0 spiro atoms. The van der Waals surface area contributed by atoms with Crippen molar-refractivity contribution in [1.29, 1.82) is 0 Å². The fourth-order valence-corrected chi connectivity index (χ4v) is 3.11. The Labute approximate surface area is 124 Å². The maximum absolute atomic E-state index is 12.5. The summed E-state index contributed by atoms with van der Waals surface area (Å²) in [6.07, 6.45) is -5.07. The van der Waals surface area contributed by atoms with Crippen LogP contribution in [0.15, 0.2) is 23.1 Å². The van der Waals surface area contributed by atoms with E-state index in [1.54, 1.807) is 0 Å². The number of rotatable bonds is 5. The van der Waals surface area contributed by atoms with E-state index in [1.165, 1.54) is 0 Å². The fraction of sp³-hybridized carbons (Fsp3) is 0.364. The standard InChI is InChI=1S/C11H11ClF3NO4S/c1-16(5-4-10(17)18)21(19,20)9-3-2-7(6-8(9)12)11(13,14)15/h2-3,6H,4-5H2,1H3,(H,17,18). The minimum Gasteiger partial charge on any atom is -0.481 e. The number of nitrogens with zero attached hydrogens (tertiary/aromatic N) is 1. The normalized spacial score (nSPS) is 12.7. The Hall–Kier alpha value is -1.32. The predicted molar refractivity (Wildman–Crippen MR) is 68.5 cm³/mol. The highest BCUT2D eigenvalue weighted by molar-refractivity contribution is 7.89. The van der Waals surface area contributed by atoms with Crippen LogP contribution in [0.25, 0.3) is 0 Å². The summed E-state index contributed by atoms with van der Waals surface area (Å²) >= 11 is 5.60. The summed E-state index contributed by atoms with van der Waals surface area (Å²) in [5, 5.41) is 7.93. The van der Waals surface area contributed by atoms with Gasteiger partial charge in [-0.05, 0) is 18.2 Å². The molecule has 0 fully saturated rings. The first-order valence-electron chi connectivity index (χ1n) is 5.51. The number of carboxylic acid groups (broad SMARTS) is 1. The first kappa shape index (κ1) is 17.7. The molecule has 0 saturated carbocycles. The summed E-state index contributed by atoms with van der Waals surface area (Å²) in [5.41, 5.74) is -1.07. The second-order valence-electron chi connectivity index (χ2n) is 4.11. The molecule has 0 aliphatic carbocycles. The first-order chi connectivity index (χ1) is 9.46. The monoisotopic (exact) mass is 345 g/mol. The van der Waals surface area contributed by atoms with Crippen molar-refractivity contribution in [3.63, 3.8) is 0 Å². The van der Waals surface area contributed by atoms with Crippen molar-refractivity contribution in [3.8, 4) is 0 Å². The van der Waals surface area contributed by atoms with Gasteiger partial charge in [0.1, 0.15) is 4.90 Å². The molecule has 0 atom stereocenters. The Morgan fingerprint density at radius 2 is 1.95 bits per heavy atom. The van der Waals surface area contributed by atoms with Gasteiger partial charge in [-0.1, -0.05) is 11.6 Å². The third kappa shape index (κ3) is 4.32. The summed E-state index contributed by atoms with van der Waals surface area (Å²) in [6, 6.07) is 1.86. The van der Waals surface area contributed by atoms with E-state index in [0.717, 1.165) is 17.4 Å². The number of halogens is 4. The summed E-state index contributed by atoms with van der Waals surface area (Å²) in [5.74, 6) is -1.20. The average molecular weight is 346 g/mol. The van der Waals surface area contributed by atoms with Crippen molar-refractivity contribution in [2.45, 2.75) is 17.5 Å². The Morgan fingerprint density at radius 1 is 1.38 bits per heavy atom. The zero-order valence-electron chi connectivity index (χ0n) is 10.7. The maximum atomic E-state index is 12.5. The van der Waals surface area contributed by atoms with Crippen LogP contribution in [0.5, 0.6) is 0 Å². The minimum absolute atomic E-state index is 0.324. The molecule has 0 bridgehead atoms. The molecule has 0 amide bonds. The maximum Gasteiger partial charge on any atom is 0.416 e. The minimum atomic E-state index is -4.64. The van der Waals surface area contributed by atoms with Gasteiger partial charge in [-0.2, -0.15) is 13.2 Å². The quantitative estimate of drug-likeness (QED) is 0.889. The lowest BCUT2D eigenvalue weighted by molar-refractivity contribution is -0.138. The number of carbonyl (C=O) groups is 1. The molecule has 0 aliphatic rings. The molecule has 1 rings (SSSR count). The van der Waals surface area contributed by atoms with Gasteiger partial charge in [0.2, 0.25) is 10.0 Å². The van der Waals surface area contributed by atoms with Gasteiger partial charge in [0, 0.05) is 13.6 Å². The highest BCUT2D eigenvalue weighted by Crippen LogP contribution is 2.34. The molecule has 1 aromatic carbocycles. The van der Waals surface area contributed by atoms with E-state index in [0.29, 0.717) is 12.1 Å². The number of carboxylic acids is 1. The lowest BCUT2D eigenvalue weighted by atomic mass is 10.2. The summed E-state index contributed by atoms with van der Waals surface area (Å²) in [4.78, 5) is 9.91. The molecular weight excluding hydrogens is 335 g/mol. The molecule has 0 aliphatic heterocycles. The van der Waals surface area contributed by atoms with Crippen molar-refractivity contribution >= 4 is 27.6 Å². The molecule has 0 unspecified atom stereocenters. The van der Waals surface area contributed by atoms with E-state index in [9.17, 15) is 26.4 Å². The molecular formula is C11H11ClF3NO4S. The van der Waals surface area contributed by atoms with Gasteiger partial charge in [-0.15, -0.1) is 0 Å². The molecule has 118 valence electrons. The topological polar surface area (TPSA) is 74.7 Å². The highest BCUT2D eigenvalue weighted by atomic mass is 35.5. The molecule has 0 radical (unpaired) electrons. The first-order valence-corrected chi connectivity index (χ1v) is 7.33. The van der Waals surface area contributed by atoms with Gasteiger partial charge >= 0.3 is 12.1 Å². The van der Waals surface area contributed by atoms with Crippen LogP contribution < -0.4 is 0 Å². The molecule has 5 nitrogen and oxygen atoms in total. The summed E-state index contributed by atoms with van der Waals surface area (Å²) in [7, 11) is -3.04. The van der Waals surface area contributed by atoms with Crippen molar-refractivity contribution in [2.75, 3.05) is 13.6 Å². The Morgan fingerprint density at radius 3 is 2.38 bits per heavy atom. The van der Waals surface area contributed by atoms with Gasteiger partial charge in [-0.25, -0.2) is 12.7 Å². The van der Waals surface area contributed by atoms with Gasteiger partial charge in [0.15, 0.2) is 0 Å². The smallest absolute Gasteiger partial charge is 0.416 e. The van der Waals surface area contributed by atoms with Gasteiger partial charge < -0.3 is 5.11 Å². The van der Waals surface area contributed by atoms with E-state index >= 15 is 0 Å². The van der Waals surface area contributed by atoms with Crippen molar-refractivity contribution < 1.29 is 31.5 Å². The number of sulfonamides is 1. The van der Waals surface area contributed by atoms with Crippen molar-refractivity contribution in [1.82, 2.24) is 4.31 Å². The van der Waals surface area contributed by atoms with Gasteiger partial charge in [0.25, 0.3) is 0 Å². The second-order valence-corrected chi connectivity index (χ2v) is 6.53. The largest absolute Gasteiger partial charge is 0.481 e. The zero-order chi connectivity index (χ0) is 16.4. The van der Waals surface area contributed by atoms with Crippen LogP contribution in [0, 0.1) is 0 Å². The van der Waals surface area contributed by atoms with E-state index < -0.39 is 44.1 Å². The molecule has 0 aromatic heterocycles. The number of benzene rings is 1. The Bertz CT molecular complexity index is 645. The second kappa shape index (κ2) is 6.20. The Kier molecular flexibility index (Phi) is 5.24. The number of alkyl halides is 3. The predicted octanol–water partition coefficient (Wildman–Crippen LogP) is 2.45. The lowest BCUT2D eigenvalue weighted by Crippen LogP contribution is -2.29. The molecule has 1 N–H and O–H groups in total. The van der Waals surface area contributed by atoms with E-state index in [2.05, 4.69) is 0 Å². The van der Waals surface area contributed by atoms with Gasteiger partial charge in [0.05, 0.1) is 17.0 Å². The van der Waals surface area contributed by atoms with Crippen LogP contribution in [0.1, 0.15) is 12.0 Å². The molecule has 21 heavy (non-hydrogen) atoms. The summed E-state index contributed by atoms with van der Waals surface area (Å²) < 4.78 is 62.3. The highest BCUT2D eigenvalue weighted by Gasteiger charge is 2.32. The van der Waals surface area contributed by atoms with Crippen LogP contribution in [-0.2, 0) is 21.0 Å². The fourth-order valence-electron chi connectivity index (χ4n) is 1.43. The van der Waals surface area contributed by atoms with Crippen LogP contribution in [0.4, 0.5) is 13.2 Å². The van der Waals surface area contributed by atoms with Gasteiger partial charge in [-0.3, -0.25) is 4.79 Å². The van der Waals surface area contributed by atoms with Crippen LogP contribution in [0.2, 0.25) is 5.02 Å². The molecule has 0 saturated heterocycles. The SMILES string of the molecule is CN(CCC(=O)O)S(=O)(=O)c1ccc(C(F)(F)F)cc1Cl. The average Bonchev–Trinajstić information content (AvgIpc) is 2.34. The van der Waals surface area contributed by atoms with Crippen LogP contribution in [-0.4, -0.2) is 37.4 Å². The lowest BCUT2D eigenvalue weighted by Gasteiger charge is -2.17. The van der Waals surface area contributed by atoms with Crippen LogP contribution >= 0.6 is 11.6 Å².